The highest BCUT2D eigenvalue weighted by molar-refractivity contribution is 6.32. The maximum atomic E-state index is 12.7. The van der Waals surface area contributed by atoms with E-state index in [1.54, 1.807) is 11.0 Å². The van der Waals surface area contributed by atoms with Crippen LogP contribution in [0.2, 0.25) is 5.15 Å². The van der Waals surface area contributed by atoms with E-state index in [1.807, 2.05) is 0 Å². The van der Waals surface area contributed by atoms with Crippen LogP contribution in [0.3, 0.4) is 0 Å². The monoisotopic (exact) mass is 309 g/mol. The fourth-order valence-electron chi connectivity index (χ4n) is 2.68. The first kappa shape index (κ1) is 15.4. The summed E-state index contributed by atoms with van der Waals surface area (Å²) in [5.41, 5.74) is -0.454. The molecule has 0 spiro atoms. The van der Waals surface area contributed by atoms with E-state index in [0.717, 1.165) is 25.7 Å². The van der Waals surface area contributed by atoms with Crippen LogP contribution in [0.1, 0.15) is 36.0 Å². The SMILES string of the molecule is C=CCN(C(=O)c1ccnc(Cl)c1[N+](=O)[O-])C1CCCC1. The molecular weight excluding hydrogens is 294 g/mol. The van der Waals surface area contributed by atoms with Gasteiger partial charge >= 0.3 is 5.69 Å². The zero-order chi connectivity index (χ0) is 15.4. The summed E-state index contributed by atoms with van der Waals surface area (Å²) in [4.78, 5) is 28.5. The average Bonchev–Trinajstić information content (AvgIpc) is 2.97. The third-order valence-corrected chi connectivity index (χ3v) is 3.92. The van der Waals surface area contributed by atoms with Crippen molar-refractivity contribution in [3.05, 3.63) is 45.7 Å². The molecule has 1 amide bonds. The summed E-state index contributed by atoms with van der Waals surface area (Å²) >= 11 is 5.77. The van der Waals surface area contributed by atoms with Gasteiger partial charge in [0.1, 0.15) is 5.56 Å². The van der Waals surface area contributed by atoms with Gasteiger partial charge in [0.05, 0.1) is 4.92 Å². The van der Waals surface area contributed by atoms with Gasteiger partial charge in [0.2, 0.25) is 5.15 Å². The molecule has 1 aromatic rings. The molecule has 0 bridgehead atoms. The molecule has 1 aliphatic carbocycles. The number of hydrogen-bond donors (Lipinski definition) is 0. The summed E-state index contributed by atoms with van der Waals surface area (Å²) in [5, 5.41) is 10.9. The van der Waals surface area contributed by atoms with Crippen molar-refractivity contribution in [1.29, 1.82) is 0 Å². The molecule has 0 aliphatic heterocycles. The van der Waals surface area contributed by atoms with Crippen LogP contribution in [-0.4, -0.2) is 33.3 Å². The molecule has 2 rings (SSSR count). The molecule has 0 unspecified atom stereocenters. The molecule has 112 valence electrons. The van der Waals surface area contributed by atoms with E-state index in [0.29, 0.717) is 6.54 Å². The minimum atomic E-state index is -0.663. The van der Waals surface area contributed by atoms with Crippen molar-refractivity contribution in [1.82, 2.24) is 9.88 Å². The standard InChI is InChI=1S/C14H16ClN3O3/c1-2-9-17(10-5-3-4-6-10)14(19)11-7-8-16-13(15)12(11)18(20)21/h2,7-8,10H,1,3-6,9H2. The molecule has 1 aliphatic rings. The molecule has 0 atom stereocenters. The summed E-state index contributed by atoms with van der Waals surface area (Å²) in [7, 11) is 0. The van der Waals surface area contributed by atoms with Gasteiger partial charge in [-0.2, -0.15) is 0 Å². The average molecular weight is 310 g/mol. The van der Waals surface area contributed by atoms with Crippen LogP contribution in [0.4, 0.5) is 5.69 Å². The maximum Gasteiger partial charge on any atom is 0.319 e. The van der Waals surface area contributed by atoms with Crippen LogP contribution in [0.15, 0.2) is 24.9 Å². The number of carbonyl (C=O) groups excluding carboxylic acids is 1. The highest BCUT2D eigenvalue weighted by Gasteiger charge is 2.32. The summed E-state index contributed by atoms with van der Waals surface area (Å²) in [6.07, 6.45) is 6.88. The molecule has 1 aromatic heterocycles. The topological polar surface area (TPSA) is 76.3 Å². The largest absolute Gasteiger partial charge is 0.332 e. The van der Waals surface area contributed by atoms with E-state index in [9.17, 15) is 14.9 Å². The van der Waals surface area contributed by atoms with Crippen molar-refractivity contribution in [2.75, 3.05) is 6.54 Å². The number of aromatic nitrogens is 1. The molecule has 0 radical (unpaired) electrons. The highest BCUT2D eigenvalue weighted by Crippen LogP contribution is 2.30. The predicted octanol–water partition coefficient (Wildman–Crippen LogP) is 3.21. The third kappa shape index (κ3) is 3.21. The number of amides is 1. The Labute approximate surface area is 127 Å². The molecule has 0 N–H and O–H groups in total. The van der Waals surface area contributed by atoms with Gasteiger partial charge in [-0.05, 0) is 18.9 Å². The van der Waals surface area contributed by atoms with E-state index in [-0.39, 0.29) is 16.8 Å². The zero-order valence-electron chi connectivity index (χ0n) is 11.5. The van der Waals surface area contributed by atoms with E-state index < -0.39 is 16.5 Å². The molecule has 1 heterocycles. The lowest BCUT2D eigenvalue weighted by atomic mass is 10.1. The number of pyridine rings is 1. The summed E-state index contributed by atoms with van der Waals surface area (Å²) in [5.74, 6) is -0.391. The van der Waals surface area contributed by atoms with Gasteiger partial charge in [-0.3, -0.25) is 14.9 Å². The first-order valence-corrected chi connectivity index (χ1v) is 7.14. The van der Waals surface area contributed by atoms with Crippen molar-refractivity contribution in [2.45, 2.75) is 31.7 Å². The molecule has 1 fully saturated rings. The lowest BCUT2D eigenvalue weighted by Crippen LogP contribution is -2.39. The Morgan fingerprint density at radius 2 is 2.24 bits per heavy atom. The van der Waals surface area contributed by atoms with E-state index in [4.69, 9.17) is 11.6 Å². The second-order valence-corrected chi connectivity index (χ2v) is 5.30. The molecule has 7 heteroatoms. The Balaban J connectivity index is 2.39. The van der Waals surface area contributed by atoms with Crippen LogP contribution in [0.5, 0.6) is 0 Å². The molecule has 0 saturated heterocycles. The van der Waals surface area contributed by atoms with Crippen LogP contribution < -0.4 is 0 Å². The highest BCUT2D eigenvalue weighted by atomic mass is 35.5. The van der Waals surface area contributed by atoms with Gasteiger partial charge in [0.15, 0.2) is 0 Å². The Morgan fingerprint density at radius 1 is 1.57 bits per heavy atom. The summed E-state index contributed by atoms with van der Waals surface area (Å²) in [6.45, 7) is 4.02. The van der Waals surface area contributed by atoms with Crippen LogP contribution in [0.25, 0.3) is 0 Å². The van der Waals surface area contributed by atoms with Crippen LogP contribution in [-0.2, 0) is 0 Å². The third-order valence-electron chi connectivity index (χ3n) is 3.64. The molecule has 1 saturated carbocycles. The normalized spacial score (nSPS) is 14.9. The van der Waals surface area contributed by atoms with E-state index in [2.05, 4.69) is 11.6 Å². The fraction of sp³-hybridized carbons (Fsp3) is 0.429. The van der Waals surface area contributed by atoms with Crippen LogP contribution in [0, 0.1) is 10.1 Å². The smallest absolute Gasteiger partial charge is 0.319 e. The van der Waals surface area contributed by atoms with Gasteiger partial charge < -0.3 is 4.90 Å². The van der Waals surface area contributed by atoms with Crippen molar-refractivity contribution < 1.29 is 9.72 Å². The summed E-state index contributed by atoms with van der Waals surface area (Å²) < 4.78 is 0. The first-order chi connectivity index (χ1) is 10.1. The van der Waals surface area contributed by atoms with Gasteiger partial charge in [0.25, 0.3) is 5.91 Å². The Bertz CT molecular complexity index is 571. The van der Waals surface area contributed by atoms with Crippen molar-refractivity contribution in [3.63, 3.8) is 0 Å². The zero-order valence-corrected chi connectivity index (χ0v) is 12.3. The molecule has 21 heavy (non-hydrogen) atoms. The molecule has 6 nitrogen and oxygen atoms in total. The molecular formula is C14H16ClN3O3. The second-order valence-electron chi connectivity index (χ2n) is 4.94. The number of halogens is 1. The number of carbonyl (C=O) groups is 1. The Hall–Kier alpha value is -1.95. The summed E-state index contributed by atoms with van der Waals surface area (Å²) in [6, 6.07) is 1.44. The van der Waals surface area contributed by atoms with Gasteiger partial charge in [-0.25, -0.2) is 4.98 Å². The van der Waals surface area contributed by atoms with E-state index in [1.165, 1.54) is 12.3 Å². The van der Waals surface area contributed by atoms with Crippen molar-refractivity contribution in [3.8, 4) is 0 Å². The molecule has 0 aromatic carbocycles. The number of nitrogens with zero attached hydrogens (tertiary/aromatic N) is 3. The Morgan fingerprint density at radius 3 is 2.81 bits per heavy atom. The minimum absolute atomic E-state index is 0.0197. The van der Waals surface area contributed by atoms with Crippen molar-refractivity contribution >= 4 is 23.2 Å². The first-order valence-electron chi connectivity index (χ1n) is 6.77. The minimum Gasteiger partial charge on any atom is -0.332 e. The fourth-order valence-corrected chi connectivity index (χ4v) is 2.91. The van der Waals surface area contributed by atoms with Crippen molar-refractivity contribution in [2.24, 2.45) is 0 Å². The van der Waals surface area contributed by atoms with Gasteiger partial charge in [-0.15, -0.1) is 6.58 Å². The van der Waals surface area contributed by atoms with E-state index >= 15 is 0 Å². The number of nitro groups is 1. The second kappa shape index (κ2) is 6.67. The predicted molar refractivity (Wildman–Crippen MR) is 79.4 cm³/mol. The quantitative estimate of drug-likeness (QED) is 0.362. The van der Waals surface area contributed by atoms with Gasteiger partial charge in [-0.1, -0.05) is 30.5 Å². The Kier molecular flexibility index (Phi) is 4.90. The maximum absolute atomic E-state index is 12.7. The lowest BCUT2D eigenvalue weighted by Gasteiger charge is -2.27. The number of hydrogen-bond acceptors (Lipinski definition) is 4. The lowest BCUT2D eigenvalue weighted by molar-refractivity contribution is -0.385. The number of rotatable bonds is 5. The van der Waals surface area contributed by atoms with Gasteiger partial charge in [0, 0.05) is 18.8 Å². The van der Waals surface area contributed by atoms with Crippen LogP contribution >= 0.6 is 11.6 Å².